The molecular formula is C12H12FN3O. The third kappa shape index (κ3) is 2.90. The third-order valence-corrected chi connectivity index (χ3v) is 2.23. The fourth-order valence-corrected chi connectivity index (χ4v) is 1.50. The largest absolute Gasteiger partial charge is 0.309 e. The Morgan fingerprint density at radius 2 is 2.18 bits per heavy atom. The fourth-order valence-electron chi connectivity index (χ4n) is 1.50. The van der Waals surface area contributed by atoms with Crippen molar-refractivity contribution in [2.24, 2.45) is 0 Å². The van der Waals surface area contributed by atoms with Gasteiger partial charge in [-0.2, -0.15) is 5.10 Å². The number of carbonyl (C=O) groups is 1. The SMILES string of the molecule is CC(=O)Nc1ccn(Cc2ccccc2F)n1. The molecule has 0 bridgehead atoms. The highest BCUT2D eigenvalue weighted by molar-refractivity contribution is 5.87. The van der Waals surface area contributed by atoms with E-state index < -0.39 is 0 Å². The Morgan fingerprint density at radius 1 is 1.41 bits per heavy atom. The normalized spacial score (nSPS) is 10.2. The van der Waals surface area contributed by atoms with Crippen LogP contribution >= 0.6 is 0 Å². The summed E-state index contributed by atoms with van der Waals surface area (Å²) in [6.45, 7) is 1.75. The Kier molecular flexibility index (Phi) is 3.18. The van der Waals surface area contributed by atoms with Crippen LogP contribution in [-0.4, -0.2) is 15.7 Å². The summed E-state index contributed by atoms with van der Waals surface area (Å²) in [4.78, 5) is 10.8. The van der Waals surface area contributed by atoms with Gasteiger partial charge in [0.2, 0.25) is 5.91 Å². The molecule has 0 spiro atoms. The summed E-state index contributed by atoms with van der Waals surface area (Å²) in [7, 11) is 0. The number of hydrogen-bond donors (Lipinski definition) is 1. The first-order valence-corrected chi connectivity index (χ1v) is 5.19. The van der Waals surface area contributed by atoms with E-state index in [9.17, 15) is 9.18 Å². The van der Waals surface area contributed by atoms with Crippen molar-refractivity contribution < 1.29 is 9.18 Å². The van der Waals surface area contributed by atoms with Crippen molar-refractivity contribution in [2.75, 3.05) is 5.32 Å². The molecule has 0 aliphatic heterocycles. The lowest BCUT2D eigenvalue weighted by molar-refractivity contribution is -0.114. The predicted molar refractivity (Wildman–Crippen MR) is 62.0 cm³/mol. The molecule has 1 aromatic heterocycles. The van der Waals surface area contributed by atoms with Gasteiger partial charge in [-0.25, -0.2) is 4.39 Å². The van der Waals surface area contributed by atoms with Gasteiger partial charge < -0.3 is 5.32 Å². The van der Waals surface area contributed by atoms with Crippen molar-refractivity contribution in [3.63, 3.8) is 0 Å². The van der Waals surface area contributed by atoms with E-state index in [1.165, 1.54) is 13.0 Å². The van der Waals surface area contributed by atoms with Crippen LogP contribution < -0.4 is 5.32 Å². The van der Waals surface area contributed by atoms with Crippen LogP contribution in [0.2, 0.25) is 0 Å². The molecule has 0 atom stereocenters. The molecule has 4 nitrogen and oxygen atoms in total. The highest BCUT2D eigenvalue weighted by Crippen LogP contribution is 2.09. The lowest BCUT2D eigenvalue weighted by Crippen LogP contribution is -2.08. The number of carbonyl (C=O) groups excluding carboxylic acids is 1. The molecule has 2 rings (SSSR count). The monoisotopic (exact) mass is 233 g/mol. The molecular weight excluding hydrogens is 221 g/mol. The van der Waals surface area contributed by atoms with Gasteiger partial charge in [0.1, 0.15) is 5.82 Å². The topological polar surface area (TPSA) is 46.9 Å². The van der Waals surface area contributed by atoms with E-state index in [2.05, 4.69) is 10.4 Å². The first kappa shape index (κ1) is 11.3. The quantitative estimate of drug-likeness (QED) is 0.881. The maximum absolute atomic E-state index is 13.4. The molecule has 0 unspecified atom stereocenters. The molecule has 1 amide bonds. The van der Waals surface area contributed by atoms with E-state index in [0.29, 0.717) is 17.9 Å². The first-order valence-electron chi connectivity index (χ1n) is 5.19. The summed E-state index contributed by atoms with van der Waals surface area (Å²) in [5.41, 5.74) is 0.560. The number of amides is 1. The van der Waals surface area contributed by atoms with Crippen molar-refractivity contribution in [1.82, 2.24) is 9.78 Å². The van der Waals surface area contributed by atoms with Crippen molar-refractivity contribution in [3.05, 3.63) is 47.9 Å². The molecule has 2 aromatic rings. The zero-order valence-corrected chi connectivity index (χ0v) is 9.35. The number of halogens is 1. The van der Waals surface area contributed by atoms with Gasteiger partial charge in [0.05, 0.1) is 6.54 Å². The van der Waals surface area contributed by atoms with E-state index in [0.717, 1.165) is 0 Å². The van der Waals surface area contributed by atoms with E-state index in [1.807, 2.05) is 0 Å². The molecule has 1 N–H and O–H groups in total. The van der Waals surface area contributed by atoms with Crippen LogP contribution in [0.4, 0.5) is 10.2 Å². The summed E-state index contributed by atoms with van der Waals surface area (Å²) in [6.07, 6.45) is 1.69. The highest BCUT2D eigenvalue weighted by atomic mass is 19.1. The van der Waals surface area contributed by atoms with Gasteiger partial charge in [0.25, 0.3) is 0 Å². The minimum Gasteiger partial charge on any atom is -0.309 e. The Hall–Kier alpha value is -2.17. The van der Waals surface area contributed by atoms with Crippen molar-refractivity contribution in [1.29, 1.82) is 0 Å². The Balaban J connectivity index is 2.12. The van der Waals surface area contributed by atoms with Gasteiger partial charge in [-0.1, -0.05) is 18.2 Å². The van der Waals surface area contributed by atoms with Gasteiger partial charge in [0.15, 0.2) is 5.82 Å². The van der Waals surface area contributed by atoms with E-state index in [4.69, 9.17) is 0 Å². The Morgan fingerprint density at radius 3 is 2.88 bits per heavy atom. The maximum Gasteiger partial charge on any atom is 0.222 e. The van der Waals surface area contributed by atoms with Gasteiger partial charge in [-0.05, 0) is 6.07 Å². The highest BCUT2D eigenvalue weighted by Gasteiger charge is 2.04. The van der Waals surface area contributed by atoms with Crippen LogP contribution in [0.25, 0.3) is 0 Å². The predicted octanol–water partition coefficient (Wildman–Crippen LogP) is 2.03. The molecule has 88 valence electrons. The molecule has 0 radical (unpaired) electrons. The smallest absolute Gasteiger partial charge is 0.222 e. The van der Waals surface area contributed by atoms with Gasteiger partial charge in [-0.3, -0.25) is 9.48 Å². The molecule has 0 saturated carbocycles. The lowest BCUT2D eigenvalue weighted by atomic mass is 10.2. The van der Waals surface area contributed by atoms with Crippen LogP contribution in [0.1, 0.15) is 12.5 Å². The number of benzene rings is 1. The third-order valence-electron chi connectivity index (χ3n) is 2.23. The first-order chi connectivity index (χ1) is 8.15. The van der Waals surface area contributed by atoms with E-state index >= 15 is 0 Å². The maximum atomic E-state index is 13.4. The number of aromatic nitrogens is 2. The number of anilines is 1. The zero-order chi connectivity index (χ0) is 12.3. The van der Waals surface area contributed by atoms with Crippen LogP contribution in [0, 0.1) is 5.82 Å². The summed E-state index contributed by atoms with van der Waals surface area (Å²) >= 11 is 0. The van der Waals surface area contributed by atoms with E-state index in [1.54, 1.807) is 35.1 Å². The van der Waals surface area contributed by atoms with E-state index in [-0.39, 0.29) is 11.7 Å². The molecule has 0 saturated heterocycles. The second-order valence-electron chi connectivity index (χ2n) is 3.67. The standard InChI is InChI=1S/C12H12FN3O/c1-9(17)14-12-6-7-16(15-12)8-10-4-2-3-5-11(10)13/h2-7H,8H2,1H3,(H,14,15,17). The van der Waals surface area contributed by atoms with Crippen molar-refractivity contribution in [3.8, 4) is 0 Å². The zero-order valence-electron chi connectivity index (χ0n) is 9.35. The minimum atomic E-state index is -0.260. The molecule has 5 heteroatoms. The molecule has 0 aliphatic carbocycles. The van der Waals surface area contributed by atoms with Gasteiger partial charge in [0, 0.05) is 24.8 Å². The van der Waals surface area contributed by atoms with Gasteiger partial charge >= 0.3 is 0 Å². The second-order valence-corrected chi connectivity index (χ2v) is 3.67. The van der Waals surface area contributed by atoms with Crippen LogP contribution in [0.3, 0.4) is 0 Å². The molecule has 0 fully saturated rings. The number of nitrogens with one attached hydrogen (secondary N) is 1. The lowest BCUT2D eigenvalue weighted by Gasteiger charge is -2.03. The molecule has 0 aliphatic rings. The average Bonchev–Trinajstić information content (AvgIpc) is 2.68. The summed E-state index contributed by atoms with van der Waals surface area (Å²) in [6, 6.07) is 8.20. The number of hydrogen-bond acceptors (Lipinski definition) is 2. The van der Waals surface area contributed by atoms with Crippen LogP contribution in [-0.2, 0) is 11.3 Å². The minimum absolute atomic E-state index is 0.179. The number of rotatable bonds is 3. The summed E-state index contributed by atoms with van der Waals surface area (Å²) in [5, 5.41) is 6.67. The average molecular weight is 233 g/mol. The second kappa shape index (κ2) is 4.78. The molecule has 1 aromatic carbocycles. The van der Waals surface area contributed by atoms with Gasteiger partial charge in [-0.15, -0.1) is 0 Å². The molecule has 1 heterocycles. The van der Waals surface area contributed by atoms with Crippen LogP contribution in [0.5, 0.6) is 0 Å². The van der Waals surface area contributed by atoms with Crippen LogP contribution in [0.15, 0.2) is 36.5 Å². The summed E-state index contributed by atoms with van der Waals surface area (Å²) < 4.78 is 15.0. The Bertz CT molecular complexity index is 536. The molecule has 17 heavy (non-hydrogen) atoms. The number of nitrogens with zero attached hydrogens (tertiary/aromatic N) is 2. The fraction of sp³-hybridized carbons (Fsp3) is 0.167. The summed E-state index contributed by atoms with van der Waals surface area (Å²) in [5.74, 6) is 0.0269. The van der Waals surface area contributed by atoms with Crippen molar-refractivity contribution in [2.45, 2.75) is 13.5 Å². The Labute approximate surface area is 98.1 Å². The van der Waals surface area contributed by atoms with Crippen molar-refractivity contribution >= 4 is 11.7 Å².